The van der Waals surface area contributed by atoms with Crippen molar-refractivity contribution in [1.82, 2.24) is 10.6 Å². The molecule has 1 aliphatic heterocycles. The van der Waals surface area contributed by atoms with Crippen molar-refractivity contribution in [3.8, 4) is 0 Å². The van der Waals surface area contributed by atoms with Gasteiger partial charge in [-0.3, -0.25) is 4.79 Å². The highest BCUT2D eigenvalue weighted by Crippen LogP contribution is 2.16. The molecule has 3 N–H and O–H groups in total. The number of hydrogen-bond acceptors (Lipinski definition) is 3. The van der Waals surface area contributed by atoms with E-state index >= 15 is 0 Å². The van der Waals surface area contributed by atoms with E-state index in [1.807, 2.05) is 0 Å². The third-order valence-electron chi connectivity index (χ3n) is 3.01. The second-order valence-electron chi connectivity index (χ2n) is 4.32. The molecule has 0 aromatic heterocycles. The molecule has 1 heterocycles. The molecule has 4 nitrogen and oxygen atoms in total. The molecule has 6 heteroatoms. The zero-order chi connectivity index (χ0) is 13.1. The van der Waals surface area contributed by atoms with Gasteiger partial charge >= 0.3 is 0 Å². The van der Waals surface area contributed by atoms with Gasteiger partial charge in [-0.2, -0.15) is 0 Å². The molecule has 2 atom stereocenters. The first-order valence-electron chi connectivity index (χ1n) is 5.70. The quantitative estimate of drug-likeness (QED) is 0.776. The van der Waals surface area contributed by atoms with Gasteiger partial charge < -0.3 is 15.7 Å². The highest BCUT2D eigenvalue weighted by molar-refractivity contribution is 9.10. The summed E-state index contributed by atoms with van der Waals surface area (Å²) in [7, 11) is 0. The van der Waals surface area contributed by atoms with Crippen LogP contribution >= 0.6 is 15.9 Å². The van der Waals surface area contributed by atoms with Gasteiger partial charge in [0.15, 0.2) is 0 Å². The predicted molar refractivity (Wildman–Crippen MR) is 68.8 cm³/mol. The maximum Gasteiger partial charge on any atom is 0.251 e. The van der Waals surface area contributed by atoms with E-state index in [0.717, 1.165) is 0 Å². The second-order valence-corrected chi connectivity index (χ2v) is 5.18. The molecule has 0 spiro atoms. The van der Waals surface area contributed by atoms with Crippen LogP contribution in [0.1, 0.15) is 10.4 Å². The first-order valence-corrected chi connectivity index (χ1v) is 6.49. The van der Waals surface area contributed by atoms with Gasteiger partial charge in [-0.1, -0.05) is 0 Å². The van der Waals surface area contributed by atoms with Gasteiger partial charge in [-0.15, -0.1) is 0 Å². The molecular weight excluding hydrogens is 303 g/mol. The largest absolute Gasteiger partial charge is 0.391 e. The third-order valence-corrected chi connectivity index (χ3v) is 3.65. The Hall–Kier alpha value is -0.980. The summed E-state index contributed by atoms with van der Waals surface area (Å²) in [5.41, 5.74) is 0.274. The second kappa shape index (κ2) is 5.77. The fourth-order valence-electron chi connectivity index (χ4n) is 1.89. The Balaban J connectivity index is 1.93. The molecular formula is C12H14BrFN2O2. The summed E-state index contributed by atoms with van der Waals surface area (Å²) < 4.78 is 13.6. The number of carbonyl (C=O) groups is 1. The van der Waals surface area contributed by atoms with Crippen LogP contribution in [0.25, 0.3) is 0 Å². The summed E-state index contributed by atoms with van der Waals surface area (Å²) in [5, 5.41) is 15.3. The molecule has 0 radical (unpaired) electrons. The maximum atomic E-state index is 13.3. The smallest absolute Gasteiger partial charge is 0.251 e. The lowest BCUT2D eigenvalue weighted by Crippen LogP contribution is -2.34. The fraction of sp³-hybridized carbons (Fsp3) is 0.417. The molecule has 1 aliphatic rings. The van der Waals surface area contributed by atoms with Gasteiger partial charge in [0.25, 0.3) is 5.91 Å². The van der Waals surface area contributed by atoms with E-state index in [0.29, 0.717) is 24.1 Å². The Morgan fingerprint density at radius 1 is 1.56 bits per heavy atom. The van der Waals surface area contributed by atoms with Crippen LogP contribution in [0.15, 0.2) is 22.7 Å². The number of nitrogens with one attached hydrogen (secondary N) is 2. The molecule has 18 heavy (non-hydrogen) atoms. The molecule has 0 saturated carbocycles. The van der Waals surface area contributed by atoms with Gasteiger partial charge in [0.2, 0.25) is 0 Å². The maximum absolute atomic E-state index is 13.3. The molecule has 0 aliphatic carbocycles. The van der Waals surface area contributed by atoms with Crippen LogP contribution in [-0.4, -0.2) is 36.8 Å². The molecule has 0 bridgehead atoms. The summed E-state index contributed by atoms with van der Waals surface area (Å²) >= 11 is 3.03. The topological polar surface area (TPSA) is 61.4 Å². The van der Waals surface area contributed by atoms with Crippen molar-refractivity contribution >= 4 is 21.8 Å². The van der Waals surface area contributed by atoms with E-state index in [1.165, 1.54) is 12.1 Å². The summed E-state index contributed by atoms with van der Waals surface area (Å²) in [5.74, 6) is -0.792. The van der Waals surface area contributed by atoms with Crippen LogP contribution in [0.3, 0.4) is 0 Å². The Labute approximate surface area is 113 Å². The van der Waals surface area contributed by atoms with Crippen LogP contribution in [-0.2, 0) is 0 Å². The van der Waals surface area contributed by atoms with Gasteiger partial charge in [-0.25, -0.2) is 4.39 Å². The number of carbonyl (C=O) groups excluding carboxylic acids is 1. The van der Waals surface area contributed by atoms with Crippen LogP contribution in [0.2, 0.25) is 0 Å². The van der Waals surface area contributed by atoms with Crippen molar-refractivity contribution in [2.75, 3.05) is 19.6 Å². The van der Waals surface area contributed by atoms with Crippen LogP contribution in [0.5, 0.6) is 0 Å². The molecule has 2 unspecified atom stereocenters. The number of hydrogen-bond donors (Lipinski definition) is 3. The molecule has 1 fully saturated rings. The van der Waals surface area contributed by atoms with Gasteiger partial charge in [0.05, 0.1) is 10.6 Å². The minimum atomic E-state index is -0.467. The van der Waals surface area contributed by atoms with E-state index in [9.17, 15) is 14.3 Å². The van der Waals surface area contributed by atoms with Gasteiger partial charge in [-0.05, 0) is 34.1 Å². The summed E-state index contributed by atoms with van der Waals surface area (Å²) in [6, 6.07) is 4.23. The predicted octanol–water partition coefficient (Wildman–Crippen LogP) is 0.898. The monoisotopic (exact) mass is 316 g/mol. The van der Waals surface area contributed by atoms with Gasteiger partial charge in [0.1, 0.15) is 5.82 Å². The van der Waals surface area contributed by atoms with E-state index < -0.39 is 11.9 Å². The summed E-state index contributed by atoms with van der Waals surface area (Å²) in [6.07, 6.45) is -0.438. The Kier molecular flexibility index (Phi) is 4.31. The minimum Gasteiger partial charge on any atom is -0.391 e. The third kappa shape index (κ3) is 3.07. The standard InChI is InChI=1S/C12H14BrFN2O2/c13-9-2-1-7(3-10(9)14)12(18)16-5-8-4-15-6-11(8)17/h1-3,8,11,15,17H,4-6H2,(H,16,18). The van der Waals surface area contributed by atoms with Crippen LogP contribution in [0, 0.1) is 11.7 Å². The minimum absolute atomic E-state index is 0.00856. The van der Waals surface area contributed by atoms with E-state index in [1.54, 1.807) is 6.07 Å². The van der Waals surface area contributed by atoms with E-state index in [4.69, 9.17) is 0 Å². The lowest BCUT2D eigenvalue weighted by atomic mass is 10.1. The van der Waals surface area contributed by atoms with Crippen molar-refractivity contribution in [1.29, 1.82) is 0 Å². The lowest BCUT2D eigenvalue weighted by Gasteiger charge is -2.14. The number of benzene rings is 1. The lowest BCUT2D eigenvalue weighted by molar-refractivity contribution is 0.0926. The number of aliphatic hydroxyl groups excluding tert-OH is 1. The molecule has 1 amide bonds. The highest BCUT2D eigenvalue weighted by Gasteiger charge is 2.25. The van der Waals surface area contributed by atoms with Crippen LogP contribution < -0.4 is 10.6 Å². The van der Waals surface area contributed by atoms with Crippen molar-refractivity contribution < 1.29 is 14.3 Å². The number of halogens is 2. The molecule has 1 aromatic rings. The van der Waals surface area contributed by atoms with Gasteiger partial charge in [0, 0.05) is 31.1 Å². The summed E-state index contributed by atoms with van der Waals surface area (Å²) in [6.45, 7) is 1.61. The van der Waals surface area contributed by atoms with Crippen molar-refractivity contribution in [2.45, 2.75) is 6.10 Å². The Bertz CT molecular complexity index is 456. The Morgan fingerprint density at radius 2 is 2.33 bits per heavy atom. The van der Waals surface area contributed by atoms with E-state index in [-0.39, 0.29) is 17.4 Å². The number of amides is 1. The molecule has 2 rings (SSSR count). The van der Waals surface area contributed by atoms with E-state index in [2.05, 4.69) is 26.6 Å². The highest BCUT2D eigenvalue weighted by atomic mass is 79.9. The Morgan fingerprint density at radius 3 is 2.94 bits per heavy atom. The normalized spacial score (nSPS) is 23.1. The summed E-state index contributed by atoms with van der Waals surface area (Å²) in [4.78, 5) is 11.8. The van der Waals surface area contributed by atoms with Crippen molar-refractivity contribution in [3.05, 3.63) is 34.1 Å². The fourth-order valence-corrected chi connectivity index (χ4v) is 2.14. The molecule has 1 aromatic carbocycles. The first kappa shape index (κ1) is 13.5. The van der Waals surface area contributed by atoms with Crippen molar-refractivity contribution in [3.63, 3.8) is 0 Å². The van der Waals surface area contributed by atoms with Crippen molar-refractivity contribution in [2.24, 2.45) is 5.92 Å². The SMILES string of the molecule is O=C(NCC1CNCC1O)c1ccc(Br)c(F)c1. The number of rotatable bonds is 3. The first-order chi connectivity index (χ1) is 8.58. The zero-order valence-electron chi connectivity index (χ0n) is 9.62. The molecule has 1 saturated heterocycles. The average Bonchev–Trinajstić information content (AvgIpc) is 2.75. The number of aliphatic hydroxyl groups is 1. The average molecular weight is 317 g/mol. The number of β-amino-alcohol motifs (C(OH)–C–C–N with tert-alkyl or cyclic N) is 1. The van der Waals surface area contributed by atoms with Crippen LogP contribution in [0.4, 0.5) is 4.39 Å². The zero-order valence-corrected chi connectivity index (χ0v) is 11.2. The molecule has 98 valence electrons.